The highest BCUT2D eigenvalue weighted by molar-refractivity contribution is 9.10. The van der Waals surface area contributed by atoms with Crippen molar-refractivity contribution in [1.29, 1.82) is 0 Å². The number of alkyl halides is 1. The average Bonchev–Trinajstić information content (AvgIpc) is 2.85. The van der Waals surface area contributed by atoms with E-state index in [1.165, 1.54) is 0 Å². The largest absolute Gasteiger partial charge is 0.336 e. The number of urea groups is 1. The maximum Gasteiger partial charge on any atom is 0.321 e. The third-order valence-corrected chi connectivity index (χ3v) is 4.61. The quantitative estimate of drug-likeness (QED) is 0.828. The van der Waals surface area contributed by atoms with Gasteiger partial charge in [0.05, 0.1) is 4.83 Å². The summed E-state index contributed by atoms with van der Waals surface area (Å²) in [6, 6.07) is 7.19. The van der Waals surface area contributed by atoms with Gasteiger partial charge in [-0.2, -0.15) is 0 Å². The SMILES string of the molecule is CC(C)C(Br)C(=O)Nc1ccc(N2CCNC2=O)cc1. The Labute approximate surface area is 126 Å². The molecule has 1 unspecified atom stereocenters. The minimum Gasteiger partial charge on any atom is -0.336 e. The molecule has 108 valence electrons. The predicted molar refractivity (Wildman–Crippen MR) is 83.4 cm³/mol. The van der Waals surface area contributed by atoms with Gasteiger partial charge in [-0.15, -0.1) is 0 Å². The fraction of sp³-hybridized carbons (Fsp3) is 0.429. The summed E-state index contributed by atoms with van der Waals surface area (Å²) in [5.74, 6) is 0.161. The molecule has 3 amide bonds. The third kappa shape index (κ3) is 3.30. The smallest absolute Gasteiger partial charge is 0.321 e. The van der Waals surface area contributed by atoms with Crippen molar-refractivity contribution in [3.05, 3.63) is 24.3 Å². The van der Waals surface area contributed by atoms with Crippen molar-refractivity contribution in [3.8, 4) is 0 Å². The number of benzene rings is 1. The molecule has 2 N–H and O–H groups in total. The Kier molecular flexibility index (Phi) is 4.65. The zero-order valence-corrected chi connectivity index (χ0v) is 13.1. The molecule has 5 nitrogen and oxygen atoms in total. The van der Waals surface area contributed by atoms with Gasteiger partial charge in [0.1, 0.15) is 0 Å². The number of amides is 3. The van der Waals surface area contributed by atoms with Crippen LogP contribution in [0.2, 0.25) is 0 Å². The van der Waals surface area contributed by atoms with Gasteiger partial charge < -0.3 is 10.6 Å². The van der Waals surface area contributed by atoms with Crippen LogP contribution in [0.15, 0.2) is 24.3 Å². The number of carbonyl (C=O) groups is 2. The van der Waals surface area contributed by atoms with Crippen LogP contribution in [-0.2, 0) is 4.79 Å². The third-order valence-electron chi connectivity index (χ3n) is 3.14. The molecule has 1 aromatic carbocycles. The Morgan fingerprint density at radius 1 is 1.35 bits per heavy atom. The van der Waals surface area contributed by atoms with E-state index in [0.29, 0.717) is 13.1 Å². The van der Waals surface area contributed by atoms with Crippen LogP contribution >= 0.6 is 15.9 Å². The number of nitrogens with zero attached hydrogens (tertiary/aromatic N) is 1. The Morgan fingerprint density at radius 3 is 2.50 bits per heavy atom. The summed E-state index contributed by atoms with van der Waals surface area (Å²) in [6.45, 7) is 5.29. The van der Waals surface area contributed by atoms with E-state index < -0.39 is 0 Å². The number of hydrogen-bond donors (Lipinski definition) is 2. The second-order valence-electron chi connectivity index (χ2n) is 5.07. The molecular weight excluding hydrogens is 322 g/mol. The highest BCUT2D eigenvalue weighted by Crippen LogP contribution is 2.21. The van der Waals surface area contributed by atoms with Crippen LogP contribution in [0.25, 0.3) is 0 Å². The molecule has 2 rings (SSSR count). The van der Waals surface area contributed by atoms with Crippen LogP contribution in [0.5, 0.6) is 0 Å². The van der Waals surface area contributed by atoms with Gasteiger partial charge in [0.2, 0.25) is 5.91 Å². The molecule has 1 heterocycles. The maximum atomic E-state index is 11.9. The lowest BCUT2D eigenvalue weighted by Crippen LogP contribution is -2.28. The maximum absolute atomic E-state index is 11.9. The van der Waals surface area contributed by atoms with Crippen LogP contribution in [0.4, 0.5) is 16.2 Å². The fourth-order valence-electron chi connectivity index (χ4n) is 1.96. The topological polar surface area (TPSA) is 61.4 Å². The molecular formula is C14H18BrN3O2. The molecule has 0 spiro atoms. The normalized spacial score (nSPS) is 16.2. The number of rotatable bonds is 4. The number of anilines is 2. The van der Waals surface area contributed by atoms with Gasteiger partial charge in [-0.25, -0.2) is 4.79 Å². The van der Waals surface area contributed by atoms with E-state index in [4.69, 9.17) is 0 Å². The Balaban J connectivity index is 2.01. The molecule has 20 heavy (non-hydrogen) atoms. The van der Waals surface area contributed by atoms with Crippen LogP contribution < -0.4 is 15.5 Å². The molecule has 0 radical (unpaired) electrons. The summed E-state index contributed by atoms with van der Waals surface area (Å²) in [5.41, 5.74) is 1.56. The number of halogens is 1. The van der Waals surface area contributed by atoms with Crippen molar-refractivity contribution in [1.82, 2.24) is 5.32 Å². The highest BCUT2D eigenvalue weighted by Gasteiger charge is 2.21. The second-order valence-corrected chi connectivity index (χ2v) is 6.05. The van der Waals surface area contributed by atoms with Gasteiger partial charge >= 0.3 is 6.03 Å². The lowest BCUT2D eigenvalue weighted by Gasteiger charge is -2.16. The summed E-state index contributed by atoms with van der Waals surface area (Å²) in [4.78, 5) is 24.9. The molecule has 0 aliphatic carbocycles. The fourth-order valence-corrected chi connectivity index (χ4v) is 2.07. The van der Waals surface area contributed by atoms with Crippen molar-refractivity contribution >= 4 is 39.2 Å². The lowest BCUT2D eigenvalue weighted by atomic mass is 10.1. The first-order valence-corrected chi connectivity index (χ1v) is 7.51. The standard InChI is InChI=1S/C14H18BrN3O2/c1-9(2)12(15)13(19)17-10-3-5-11(6-4-10)18-8-7-16-14(18)20/h3-6,9,12H,7-8H2,1-2H3,(H,16,20)(H,17,19). The average molecular weight is 340 g/mol. The van der Waals surface area contributed by atoms with E-state index in [0.717, 1.165) is 11.4 Å². The van der Waals surface area contributed by atoms with E-state index in [2.05, 4.69) is 26.6 Å². The Bertz CT molecular complexity index is 502. The zero-order valence-electron chi connectivity index (χ0n) is 11.5. The van der Waals surface area contributed by atoms with E-state index in [1.54, 1.807) is 17.0 Å². The van der Waals surface area contributed by atoms with E-state index in [-0.39, 0.29) is 22.7 Å². The van der Waals surface area contributed by atoms with Gasteiger partial charge in [0.15, 0.2) is 0 Å². The van der Waals surface area contributed by atoms with Crippen LogP contribution in [0, 0.1) is 5.92 Å². The van der Waals surface area contributed by atoms with Gasteiger partial charge in [0, 0.05) is 24.5 Å². The molecule has 1 saturated heterocycles. The van der Waals surface area contributed by atoms with Crippen molar-refractivity contribution in [2.45, 2.75) is 18.7 Å². The highest BCUT2D eigenvalue weighted by atomic mass is 79.9. The zero-order chi connectivity index (χ0) is 14.7. The second kappa shape index (κ2) is 6.26. The summed E-state index contributed by atoms with van der Waals surface area (Å²) < 4.78 is 0. The molecule has 1 aliphatic heterocycles. The first-order valence-electron chi connectivity index (χ1n) is 6.59. The van der Waals surface area contributed by atoms with Crippen LogP contribution in [-0.4, -0.2) is 29.9 Å². The first kappa shape index (κ1) is 14.8. The van der Waals surface area contributed by atoms with Gasteiger partial charge in [-0.1, -0.05) is 29.8 Å². The molecule has 1 fully saturated rings. The summed E-state index contributed by atoms with van der Waals surface area (Å²) in [5, 5.41) is 5.60. The number of carbonyl (C=O) groups excluding carboxylic acids is 2. The summed E-state index contributed by atoms with van der Waals surface area (Å²) in [6.07, 6.45) is 0. The summed E-state index contributed by atoms with van der Waals surface area (Å²) >= 11 is 3.37. The molecule has 0 bridgehead atoms. The number of nitrogens with one attached hydrogen (secondary N) is 2. The van der Waals surface area contributed by atoms with Gasteiger partial charge in [0.25, 0.3) is 0 Å². The van der Waals surface area contributed by atoms with Crippen molar-refractivity contribution in [2.75, 3.05) is 23.3 Å². The minimum absolute atomic E-state index is 0.0633. The van der Waals surface area contributed by atoms with Crippen molar-refractivity contribution in [3.63, 3.8) is 0 Å². The van der Waals surface area contributed by atoms with Crippen molar-refractivity contribution in [2.24, 2.45) is 5.92 Å². The lowest BCUT2D eigenvalue weighted by molar-refractivity contribution is -0.116. The van der Waals surface area contributed by atoms with Crippen molar-refractivity contribution < 1.29 is 9.59 Å². The van der Waals surface area contributed by atoms with E-state index in [9.17, 15) is 9.59 Å². The van der Waals surface area contributed by atoms with Gasteiger partial charge in [-0.3, -0.25) is 9.69 Å². The summed E-state index contributed by atoms with van der Waals surface area (Å²) in [7, 11) is 0. The van der Waals surface area contributed by atoms with E-state index in [1.807, 2.05) is 26.0 Å². The predicted octanol–water partition coefficient (Wildman–Crippen LogP) is 2.57. The molecule has 0 aromatic heterocycles. The first-order chi connectivity index (χ1) is 9.49. The minimum atomic E-state index is -0.216. The molecule has 1 atom stereocenters. The molecule has 6 heteroatoms. The number of hydrogen-bond acceptors (Lipinski definition) is 2. The monoisotopic (exact) mass is 339 g/mol. The van der Waals surface area contributed by atoms with Crippen LogP contribution in [0.3, 0.4) is 0 Å². The molecule has 1 aliphatic rings. The van der Waals surface area contributed by atoms with Gasteiger partial charge in [-0.05, 0) is 30.2 Å². The van der Waals surface area contributed by atoms with E-state index >= 15 is 0 Å². The van der Waals surface area contributed by atoms with Crippen LogP contribution in [0.1, 0.15) is 13.8 Å². The Morgan fingerprint density at radius 2 is 2.00 bits per heavy atom. The molecule has 1 aromatic rings. The molecule has 0 saturated carbocycles. The Hall–Kier alpha value is -1.56.